The fraction of sp³-hybridized carbons (Fsp3) is 0.529. The van der Waals surface area contributed by atoms with Crippen molar-refractivity contribution >= 4 is 5.69 Å². The lowest BCUT2D eigenvalue weighted by molar-refractivity contribution is 0.708. The molecular formula is C17H27N. The lowest BCUT2D eigenvalue weighted by atomic mass is 10.0. The Morgan fingerprint density at radius 3 is 2.28 bits per heavy atom. The minimum absolute atomic E-state index is 1.08. The molecule has 0 spiro atoms. The van der Waals surface area contributed by atoms with Crippen LogP contribution in [0.2, 0.25) is 0 Å². The molecule has 18 heavy (non-hydrogen) atoms. The average molecular weight is 245 g/mol. The first-order chi connectivity index (χ1) is 8.83. The van der Waals surface area contributed by atoms with E-state index < -0.39 is 0 Å². The standard InChI is InChI=1S/C17H27N/c1-4-7-8-9-10-14-18-17-15(5-2)12-11-13-16(17)6-3/h4,11-13,18H,1,5-10,14H2,2-3H3. The van der Waals surface area contributed by atoms with Gasteiger partial charge < -0.3 is 5.32 Å². The number of hydrogen-bond donors (Lipinski definition) is 1. The van der Waals surface area contributed by atoms with E-state index in [2.05, 4.69) is 43.9 Å². The maximum absolute atomic E-state index is 3.76. The van der Waals surface area contributed by atoms with Gasteiger partial charge in [-0.3, -0.25) is 0 Å². The Morgan fingerprint density at radius 1 is 1.06 bits per heavy atom. The fourth-order valence-electron chi connectivity index (χ4n) is 2.27. The topological polar surface area (TPSA) is 12.0 Å². The molecule has 0 atom stereocenters. The minimum atomic E-state index is 1.08. The largest absolute Gasteiger partial charge is 0.385 e. The number of nitrogens with one attached hydrogen (secondary N) is 1. The second-order valence-corrected chi connectivity index (χ2v) is 4.72. The molecule has 1 heteroatoms. The molecule has 1 rings (SSSR count). The van der Waals surface area contributed by atoms with E-state index in [-0.39, 0.29) is 0 Å². The Labute approximate surface area is 112 Å². The number of aryl methyl sites for hydroxylation is 2. The van der Waals surface area contributed by atoms with Gasteiger partial charge in [0.2, 0.25) is 0 Å². The molecule has 0 bridgehead atoms. The van der Waals surface area contributed by atoms with E-state index in [0.717, 1.165) is 25.8 Å². The summed E-state index contributed by atoms with van der Waals surface area (Å²) in [6.45, 7) is 9.29. The van der Waals surface area contributed by atoms with Crippen LogP contribution >= 0.6 is 0 Å². The first-order valence-electron chi connectivity index (χ1n) is 7.29. The van der Waals surface area contributed by atoms with E-state index in [1.165, 1.54) is 36.1 Å². The third-order valence-electron chi connectivity index (χ3n) is 3.39. The van der Waals surface area contributed by atoms with Crippen LogP contribution in [0.3, 0.4) is 0 Å². The van der Waals surface area contributed by atoms with E-state index in [9.17, 15) is 0 Å². The van der Waals surface area contributed by atoms with Gasteiger partial charge >= 0.3 is 0 Å². The van der Waals surface area contributed by atoms with Gasteiger partial charge in [0.05, 0.1) is 0 Å². The monoisotopic (exact) mass is 245 g/mol. The van der Waals surface area contributed by atoms with Crippen molar-refractivity contribution in [2.45, 2.75) is 52.4 Å². The highest BCUT2D eigenvalue weighted by Gasteiger charge is 2.04. The van der Waals surface area contributed by atoms with Crippen LogP contribution in [0.5, 0.6) is 0 Å². The molecule has 0 unspecified atom stereocenters. The predicted octanol–water partition coefficient (Wildman–Crippen LogP) is 4.97. The average Bonchev–Trinajstić information content (AvgIpc) is 2.42. The number of rotatable bonds is 9. The highest BCUT2D eigenvalue weighted by atomic mass is 14.9. The van der Waals surface area contributed by atoms with Gasteiger partial charge in [-0.15, -0.1) is 6.58 Å². The van der Waals surface area contributed by atoms with Crippen LogP contribution in [0, 0.1) is 0 Å². The third-order valence-corrected chi connectivity index (χ3v) is 3.39. The number of allylic oxidation sites excluding steroid dienone is 1. The van der Waals surface area contributed by atoms with Crippen molar-refractivity contribution in [1.29, 1.82) is 0 Å². The smallest absolute Gasteiger partial charge is 0.0405 e. The lowest BCUT2D eigenvalue weighted by Crippen LogP contribution is -2.06. The summed E-state index contributed by atoms with van der Waals surface area (Å²) in [5.41, 5.74) is 4.27. The molecule has 0 heterocycles. The van der Waals surface area contributed by atoms with Crippen LogP contribution < -0.4 is 5.32 Å². The second kappa shape index (κ2) is 8.79. The molecule has 0 radical (unpaired) electrons. The zero-order chi connectivity index (χ0) is 13.2. The summed E-state index contributed by atoms with van der Waals surface area (Å²) in [6.07, 6.45) is 9.16. The molecule has 1 aromatic rings. The van der Waals surface area contributed by atoms with Gasteiger partial charge in [0.1, 0.15) is 0 Å². The van der Waals surface area contributed by atoms with Crippen LogP contribution in [-0.4, -0.2) is 6.54 Å². The first-order valence-corrected chi connectivity index (χ1v) is 7.29. The van der Waals surface area contributed by atoms with E-state index in [0.29, 0.717) is 0 Å². The summed E-state index contributed by atoms with van der Waals surface area (Å²) in [5.74, 6) is 0. The van der Waals surface area contributed by atoms with Crippen LogP contribution in [0.4, 0.5) is 5.69 Å². The van der Waals surface area contributed by atoms with E-state index in [1.807, 2.05) is 6.08 Å². The zero-order valence-electron chi connectivity index (χ0n) is 12.0. The second-order valence-electron chi connectivity index (χ2n) is 4.72. The van der Waals surface area contributed by atoms with Gasteiger partial charge in [0, 0.05) is 12.2 Å². The summed E-state index contributed by atoms with van der Waals surface area (Å²) in [7, 11) is 0. The molecule has 0 aliphatic heterocycles. The third kappa shape index (κ3) is 4.56. The minimum Gasteiger partial charge on any atom is -0.385 e. The van der Waals surface area contributed by atoms with Crippen molar-refractivity contribution in [2.24, 2.45) is 0 Å². The molecule has 0 aliphatic rings. The molecule has 0 saturated heterocycles. The van der Waals surface area contributed by atoms with Crippen LogP contribution in [0.1, 0.15) is 50.7 Å². The number of hydrogen-bond acceptors (Lipinski definition) is 1. The van der Waals surface area contributed by atoms with E-state index in [1.54, 1.807) is 0 Å². The van der Waals surface area contributed by atoms with Crippen molar-refractivity contribution in [3.8, 4) is 0 Å². The molecule has 0 aromatic heterocycles. The molecule has 1 nitrogen and oxygen atoms in total. The number of unbranched alkanes of at least 4 members (excludes halogenated alkanes) is 3. The summed E-state index contributed by atoms with van der Waals surface area (Å²) < 4.78 is 0. The number of para-hydroxylation sites is 1. The van der Waals surface area contributed by atoms with Gasteiger partial charge in [-0.25, -0.2) is 0 Å². The number of anilines is 1. The van der Waals surface area contributed by atoms with Gasteiger partial charge in [0.15, 0.2) is 0 Å². The fourth-order valence-corrected chi connectivity index (χ4v) is 2.27. The molecule has 0 amide bonds. The molecule has 0 fully saturated rings. The SMILES string of the molecule is C=CCCCCCNc1c(CC)cccc1CC. The highest BCUT2D eigenvalue weighted by molar-refractivity contribution is 5.57. The summed E-state index contributed by atoms with van der Waals surface area (Å²) >= 11 is 0. The molecule has 0 aliphatic carbocycles. The molecule has 0 saturated carbocycles. The Kier molecular flexibility index (Phi) is 7.24. The first kappa shape index (κ1) is 14.8. The van der Waals surface area contributed by atoms with Crippen molar-refractivity contribution in [3.05, 3.63) is 42.0 Å². The molecule has 1 aromatic carbocycles. The Balaban J connectivity index is 2.47. The predicted molar refractivity (Wildman–Crippen MR) is 82.4 cm³/mol. The van der Waals surface area contributed by atoms with Crippen LogP contribution in [0.25, 0.3) is 0 Å². The normalized spacial score (nSPS) is 10.3. The Hall–Kier alpha value is -1.24. The van der Waals surface area contributed by atoms with Gasteiger partial charge in [-0.05, 0) is 43.2 Å². The zero-order valence-corrected chi connectivity index (χ0v) is 12.0. The number of benzene rings is 1. The van der Waals surface area contributed by atoms with Crippen molar-refractivity contribution < 1.29 is 0 Å². The van der Waals surface area contributed by atoms with Crippen LogP contribution in [0.15, 0.2) is 30.9 Å². The molecule has 1 N–H and O–H groups in total. The summed E-state index contributed by atoms with van der Waals surface area (Å²) in [6, 6.07) is 6.64. The van der Waals surface area contributed by atoms with Crippen LogP contribution in [-0.2, 0) is 12.8 Å². The maximum Gasteiger partial charge on any atom is 0.0405 e. The van der Waals surface area contributed by atoms with Gasteiger partial charge in [-0.2, -0.15) is 0 Å². The Bertz CT molecular complexity index is 332. The molecule has 100 valence electrons. The Morgan fingerprint density at radius 2 is 1.72 bits per heavy atom. The van der Waals surface area contributed by atoms with E-state index >= 15 is 0 Å². The van der Waals surface area contributed by atoms with Crippen molar-refractivity contribution in [2.75, 3.05) is 11.9 Å². The quantitative estimate of drug-likeness (QED) is 0.478. The lowest BCUT2D eigenvalue weighted by Gasteiger charge is -2.15. The van der Waals surface area contributed by atoms with E-state index in [4.69, 9.17) is 0 Å². The summed E-state index contributed by atoms with van der Waals surface area (Å²) in [4.78, 5) is 0. The van der Waals surface area contributed by atoms with Crippen molar-refractivity contribution in [3.63, 3.8) is 0 Å². The van der Waals surface area contributed by atoms with Crippen molar-refractivity contribution in [1.82, 2.24) is 0 Å². The highest BCUT2D eigenvalue weighted by Crippen LogP contribution is 2.22. The maximum atomic E-state index is 3.76. The van der Waals surface area contributed by atoms with Gasteiger partial charge in [-0.1, -0.05) is 44.5 Å². The summed E-state index contributed by atoms with van der Waals surface area (Å²) in [5, 5.41) is 3.63. The van der Waals surface area contributed by atoms with Gasteiger partial charge in [0.25, 0.3) is 0 Å². The molecular weight excluding hydrogens is 218 g/mol.